The number of nitrogens with zero attached hydrogens (tertiary/aromatic N) is 1. The molecule has 0 atom stereocenters. The molecule has 6 heteroatoms. The fraction of sp³-hybridized carbons (Fsp3) is 0.588. The highest BCUT2D eigenvalue weighted by Crippen LogP contribution is 2.32. The molecule has 2 heterocycles. The van der Waals surface area contributed by atoms with E-state index in [9.17, 15) is 9.90 Å². The Labute approximate surface area is 141 Å². The number of benzene rings is 1. The molecule has 1 aromatic carbocycles. The first-order valence-electron chi connectivity index (χ1n) is 8.20. The van der Waals surface area contributed by atoms with Crippen LogP contribution in [-0.2, 0) is 11.3 Å². The van der Waals surface area contributed by atoms with Gasteiger partial charge in [-0.05, 0) is 29.2 Å². The third kappa shape index (κ3) is 4.19. The SMILES string of the molecule is O=C(O)C1(Oc2ccc(CN3CCNCC3)cc2)CCSCC1. The van der Waals surface area contributed by atoms with Gasteiger partial charge in [0.25, 0.3) is 0 Å². The number of carbonyl (C=O) groups is 1. The largest absolute Gasteiger partial charge is 0.478 e. The highest BCUT2D eigenvalue weighted by atomic mass is 32.2. The van der Waals surface area contributed by atoms with Gasteiger partial charge in [-0.1, -0.05) is 12.1 Å². The van der Waals surface area contributed by atoms with Crippen LogP contribution in [0.3, 0.4) is 0 Å². The van der Waals surface area contributed by atoms with Gasteiger partial charge in [-0.3, -0.25) is 4.90 Å². The average Bonchev–Trinajstić information content (AvgIpc) is 2.58. The number of carboxylic acids is 1. The molecule has 0 radical (unpaired) electrons. The zero-order valence-corrected chi connectivity index (χ0v) is 14.1. The van der Waals surface area contributed by atoms with E-state index in [0.29, 0.717) is 18.6 Å². The van der Waals surface area contributed by atoms with Crippen molar-refractivity contribution < 1.29 is 14.6 Å². The standard InChI is InChI=1S/C17H24N2O3S/c20-16(21)17(5-11-23-12-6-17)22-15-3-1-14(2-4-15)13-19-9-7-18-8-10-19/h1-4,18H,5-13H2,(H,20,21). The quantitative estimate of drug-likeness (QED) is 0.855. The van der Waals surface area contributed by atoms with Gasteiger partial charge in [0.15, 0.2) is 0 Å². The predicted molar refractivity (Wildman–Crippen MR) is 92.1 cm³/mol. The van der Waals surface area contributed by atoms with Crippen molar-refractivity contribution in [3.8, 4) is 5.75 Å². The van der Waals surface area contributed by atoms with E-state index in [2.05, 4.69) is 10.2 Å². The van der Waals surface area contributed by atoms with Crippen molar-refractivity contribution >= 4 is 17.7 Å². The molecular formula is C17H24N2O3S. The van der Waals surface area contributed by atoms with Crippen molar-refractivity contribution in [1.82, 2.24) is 10.2 Å². The van der Waals surface area contributed by atoms with Crippen LogP contribution in [0.4, 0.5) is 0 Å². The Bertz CT molecular complexity index is 523. The van der Waals surface area contributed by atoms with E-state index in [1.165, 1.54) is 5.56 Å². The minimum Gasteiger partial charge on any atom is -0.478 e. The summed E-state index contributed by atoms with van der Waals surface area (Å²) in [6, 6.07) is 7.91. The number of thioether (sulfide) groups is 1. The number of rotatable bonds is 5. The molecule has 0 bridgehead atoms. The summed E-state index contributed by atoms with van der Waals surface area (Å²) in [4.78, 5) is 14.1. The summed E-state index contributed by atoms with van der Waals surface area (Å²) in [6.07, 6.45) is 1.13. The molecule has 5 nitrogen and oxygen atoms in total. The fourth-order valence-corrected chi connectivity index (χ4v) is 4.23. The Balaban J connectivity index is 1.63. The van der Waals surface area contributed by atoms with Gasteiger partial charge < -0.3 is 15.2 Å². The van der Waals surface area contributed by atoms with Crippen LogP contribution < -0.4 is 10.1 Å². The van der Waals surface area contributed by atoms with Crippen LogP contribution >= 0.6 is 11.8 Å². The monoisotopic (exact) mass is 336 g/mol. The van der Waals surface area contributed by atoms with Crippen molar-refractivity contribution in [3.05, 3.63) is 29.8 Å². The molecule has 23 heavy (non-hydrogen) atoms. The van der Waals surface area contributed by atoms with Crippen LogP contribution in [0.1, 0.15) is 18.4 Å². The number of ether oxygens (including phenoxy) is 1. The highest BCUT2D eigenvalue weighted by molar-refractivity contribution is 7.99. The average molecular weight is 336 g/mol. The summed E-state index contributed by atoms with van der Waals surface area (Å²) in [5, 5.41) is 12.9. The van der Waals surface area contributed by atoms with Crippen LogP contribution in [0.15, 0.2) is 24.3 Å². The van der Waals surface area contributed by atoms with Gasteiger partial charge in [-0.2, -0.15) is 11.8 Å². The van der Waals surface area contributed by atoms with Crippen molar-refractivity contribution in [1.29, 1.82) is 0 Å². The molecule has 2 aliphatic heterocycles. The molecule has 126 valence electrons. The van der Waals surface area contributed by atoms with E-state index in [1.54, 1.807) is 11.8 Å². The summed E-state index contributed by atoms with van der Waals surface area (Å²) in [5.41, 5.74) is 0.188. The van der Waals surface area contributed by atoms with E-state index < -0.39 is 11.6 Å². The summed E-state index contributed by atoms with van der Waals surface area (Å²) < 4.78 is 5.91. The van der Waals surface area contributed by atoms with Gasteiger partial charge in [-0.15, -0.1) is 0 Å². The first-order chi connectivity index (χ1) is 11.2. The number of hydrogen-bond donors (Lipinski definition) is 2. The van der Waals surface area contributed by atoms with Gasteiger partial charge in [0.1, 0.15) is 5.75 Å². The molecule has 1 aromatic rings. The maximum absolute atomic E-state index is 11.7. The van der Waals surface area contributed by atoms with Gasteiger partial charge in [0.05, 0.1) is 0 Å². The summed E-state index contributed by atoms with van der Waals surface area (Å²) in [6.45, 7) is 5.15. The molecule has 3 rings (SSSR count). The summed E-state index contributed by atoms with van der Waals surface area (Å²) >= 11 is 1.79. The number of aliphatic carboxylic acids is 1. The molecular weight excluding hydrogens is 312 g/mol. The van der Waals surface area contributed by atoms with E-state index >= 15 is 0 Å². The zero-order valence-electron chi connectivity index (χ0n) is 13.3. The molecule has 2 saturated heterocycles. The van der Waals surface area contributed by atoms with Crippen molar-refractivity contribution in [2.75, 3.05) is 37.7 Å². The second-order valence-corrected chi connectivity index (χ2v) is 7.41. The molecule has 0 aromatic heterocycles. The Hall–Kier alpha value is -1.24. The molecule has 0 aliphatic carbocycles. The van der Waals surface area contributed by atoms with Crippen LogP contribution in [0.5, 0.6) is 5.75 Å². The fourth-order valence-electron chi connectivity index (χ4n) is 3.08. The van der Waals surface area contributed by atoms with Crippen molar-refractivity contribution in [3.63, 3.8) is 0 Å². The lowest BCUT2D eigenvalue weighted by atomic mass is 9.96. The Morgan fingerprint density at radius 1 is 1.22 bits per heavy atom. The van der Waals surface area contributed by atoms with Crippen molar-refractivity contribution in [2.24, 2.45) is 0 Å². The third-order valence-corrected chi connectivity index (χ3v) is 5.53. The summed E-state index contributed by atoms with van der Waals surface area (Å²) in [7, 11) is 0. The van der Waals surface area contributed by atoms with E-state index in [4.69, 9.17) is 4.74 Å². The number of nitrogens with one attached hydrogen (secondary N) is 1. The first kappa shape index (κ1) is 16.6. The van der Waals surface area contributed by atoms with Gasteiger partial charge in [-0.25, -0.2) is 4.79 Å². The molecule has 2 N–H and O–H groups in total. The lowest BCUT2D eigenvalue weighted by Crippen LogP contribution is -2.47. The lowest BCUT2D eigenvalue weighted by Gasteiger charge is -2.33. The van der Waals surface area contributed by atoms with Crippen LogP contribution in [0, 0.1) is 0 Å². The normalized spacial score (nSPS) is 21.7. The lowest BCUT2D eigenvalue weighted by molar-refractivity contribution is -0.156. The number of carboxylic acid groups (broad SMARTS) is 1. The second-order valence-electron chi connectivity index (χ2n) is 6.18. The smallest absolute Gasteiger partial charge is 0.348 e. The number of piperazine rings is 1. The third-order valence-electron chi connectivity index (χ3n) is 4.54. The van der Waals surface area contributed by atoms with Crippen molar-refractivity contribution in [2.45, 2.75) is 25.0 Å². The molecule has 0 spiro atoms. The van der Waals surface area contributed by atoms with Crippen LogP contribution in [0.2, 0.25) is 0 Å². The van der Waals surface area contributed by atoms with E-state index in [0.717, 1.165) is 44.2 Å². The summed E-state index contributed by atoms with van der Waals surface area (Å²) in [5.74, 6) is 1.49. The highest BCUT2D eigenvalue weighted by Gasteiger charge is 2.42. The van der Waals surface area contributed by atoms with Crippen LogP contribution in [-0.4, -0.2) is 59.3 Å². The Morgan fingerprint density at radius 2 is 1.87 bits per heavy atom. The predicted octanol–water partition coefficient (Wildman–Crippen LogP) is 1.82. The first-order valence-corrected chi connectivity index (χ1v) is 9.36. The van der Waals surface area contributed by atoms with Gasteiger partial charge >= 0.3 is 5.97 Å². The molecule has 0 unspecified atom stereocenters. The minimum absolute atomic E-state index is 0.565. The number of hydrogen-bond acceptors (Lipinski definition) is 5. The minimum atomic E-state index is -1.05. The molecule has 2 fully saturated rings. The Kier molecular flexibility index (Phi) is 5.46. The Morgan fingerprint density at radius 3 is 2.48 bits per heavy atom. The van der Waals surface area contributed by atoms with E-state index in [-0.39, 0.29) is 0 Å². The maximum atomic E-state index is 11.7. The van der Waals surface area contributed by atoms with Crippen LogP contribution in [0.25, 0.3) is 0 Å². The zero-order chi connectivity index (χ0) is 16.1. The van der Waals surface area contributed by atoms with Gasteiger partial charge in [0.2, 0.25) is 5.60 Å². The molecule has 0 amide bonds. The van der Waals surface area contributed by atoms with Gasteiger partial charge in [0, 0.05) is 45.6 Å². The van der Waals surface area contributed by atoms with E-state index in [1.807, 2.05) is 24.3 Å². The maximum Gasteiger partial charge on any atom is 0.348 e. The molecule has 2 aliphatic rings. The topological polar surface area (TPSA) is 61.8 Å². The second kappa shape index (κ2) is 7.55. The molecule has 0 saturated carbocycles.